The van der Waals surface area contributed by atoms with E-state index in [1.807, 2.05) is 59.3 Å². The molecule has 5 nitrogen and oxygen atoms in total. The van der Waals surface area contributed by atoms with Crippen LogP contribution in [0.4, 0.5) is 10.5 Å². The first kappa shape index (κ1) is 20.8. The van der Waals surface area contributed by atoms with Crippen LogP contribution in [0, 0.1) is 5.92 Å². The number of benzene rings is 2. The van der Waals surface area contributed by atoms with Gasteiger partial charge < -0.3 is 14.4 Å². The van der Waals surface area contributed by atoms with Gasteiger partial charge in [0.05, 0.1) is 38.1 Å². The molecule has 4 rings (SSSR count). The summed E-state index contributed by atoms with van der Waals surface area (Å²) in [4.78, 5) is 17.3. The minimum Gasteiger partial charge on any atom is -0.497 e. The van der Waals surface area contributed by atoms with E-state index in [1.54, 1.807) is 13.2 Å². The molecule has 0 spiro atoms. The number of nitrogens with zero attached hydrogens (tertiary/aromatic N) is 2. The lowest BCUT2D eigenvalue weighted by Gasteiger charge is -2.50. The molecule has 2 aliphatic rings. The Labute approximate surface area is 182 Å². The first-order valence-corrected chi connectivity index (χ1v) is 10.6. The van der Waals surface area contributed by atoms with Crippen molar-refractivity contribution in [2.24, 2.45) is 5.92 Å². The number of hydrogen-bond donors (Lipinski definition) is 0. The van der Waals surface area contributed by atoms with Crippen LogP contribution in [-0.2, 0) is 16.8 Å². The van der Waals surface area contributed by atoms with E-state index in [-0.39, 0.29) is 6.03 Å². The Morgan fingerprint density at radius 2 is 1.97 bits per heavy atom. The molecular weight excluding hydrogens is 400 g/mol. The van der Waals surface area contributed by atoms with Crippen LogP contribution >= 0.6 is 11.6 Å². The molecule has 0 saturated heterocycles. The van der Waals surface area contributed by atoms with E-state index in [0.29, 0.717) is 30.7 Å². The quantitative estimate of drug-likeness (QED) is 0.428. The smallest absolute Gasteiger partial charge is 0.325 e. The highest BCUT2D eigenvalue weighted by Gasteiger charge is 2.56. The predicted molar refractivity (Wildman–Crippen MR) is 119 cm³/mol. The van der Waals surface area contributed by atoms with Gasteiger partial charge in [0, 0.05) is 17.6 Å². The van der Waals surface area contributed by atoms with Gasteiger partial charge in [-0.2, -0.15) is 0 Å². The number of urea groups is 1. The van der Waals surface area contributed by atoms with Gasteiger partial charge in [-0.25, -0.2) is 4.79 Å². The molecule has 0 bridgehead atoms. The SMILES string of the molecule is C=CCOCC1(C2CC2)c2cc(Cl)ccc2N(Cc2ccc(OC)cc2)C(=O)N1C. The summed E-state index contributed by atoms with van der Waals surface area (Å²) in [7, 11) is 3.52. The van der Waals surface area contributed by atoms with Crippen molar-refractivity contribution >= 4 is 23.3 Å². The molecule has 2 aromatic carbocycles. The maximum atomic E-state index is 13.6. The second-order valence-electron chi connectivity index (χ2n) is 7.94. The predicted octanol–water partition coefficient (Wildman–Crippen LogP) is 5.23. The van der Waals surface area contributed by atoms with E-state index < -0.39 is 5.54 Å². The number of rotatable bonds is 8. The molecule has 1 atom stereocenters. The van der Waals surface area contributed by atoms with Gasteiger partial charge in [0.25, 0.3) is 0 Å². The summed E-state index contributed by atoms with van der Waals surface area (Å²) in [5.74, 6) is 1.15. The van der Waals surface area contributed by atoms with Crippen molar-refractivity contribution in [1.29, 1.82) is 0 Å². The summed E-state index contributed by atoms with van der Waals surface area (Å²) in [6.45, 7) is 5.09. The average molecular weight is 427 g/mol. The number of likely N-dealkylation sites (N-methyl/N-ethyl adjacent to an activating group) is 1. The Balaban J connectivity index is 1.76. The molecule has 2 aromatic rings. The van der Waals surface area contributed by atoms with Crippen LogP contribution in [0.5, 0.6) is 5.75 Å². The second-order valence-corrected chi connectivity index (χ2v) is 8.38. The summed E-state index contributed by atoms with van der Waals surface area (Å²) in [5, 5.41) is 0.662. The van der Waals surface area contributed by atoms with Crippen molar-refractivity contribution in [3.8, 4) is 5.75 Å². The van der Waals surface area contributed by atoms with Crippen LogP contribution in [0.15, 0.2) is 55.1 Å². The lowest BCUT2D eigenvalue weighted by atomic mass is 9.81. The third kappa shape index (κ3) is 3.57. The van der Waals surface area contributed by atoms with E-state index in [4.69, 9.17) is 21.1 Å². The molecule has 1 aliphatic carbocycles. The highest BCUT2D eigenvalue weighted by Crippen LogP contribution is 2.54. The van der Waals surface area contributed by atoms with Crippen molar-refractivity contribution in [1.82, 2.24) is 4.90 Å². The molecule has 1 saturated carbocycles. The largest absolute Gasteiger partial charge is 0.497 e. The fourth-order valence-electron chi connectivity index (χ4n) is 4.44. The number of carbonyl (C=O) groups excluding carboxylic acids is 1. The number of fused-ring (bicyclic) bond motifs is 1. The summed E-state index contributed by atoms with van der Waals surface area (Å²) < 4.78 is 11.2. The molecule has 2 amide bonds. The zero-order chi connectivity index (χ0) is 21.3. The van der Waals surface area contributed by atoms with Crippen LogP contribution in [0.25, 0.3) is 0 Å². The Morgan fingerprint density at radius 1 is 1.23 bits per heavy atom. The standard InChI is InChI=1S/C24H27ClN2O3/c1-4-13-30-16-24(18-7-8-18)21-14-19(25)9-12-22(21)27(23(28)26(24)2)15-17-5-10-20(29-3)11-6-17/h4-6,9-12,14,18H,1,7-8,13,15-16H2,2-3H3. The monoisotopic (exact) mass is 426 g/mol. The number of methoxy groups -OCH3 is 1. The molecule has 1 aliphatic heterocycles. The molecule has 30 heavy (non-hydrogen) atoms. The topological polar surface area (TPSA) is 42.0 Å². The van der Waals surface area contributed by atoms with Crippen molar-refractivity contribution < 1.29 is 14.3 Å². The number of hydrogen-bond acceptors (Lipinski definition) is 3. The van der Waals surface area contributed by atoms with E-state index in [9.17, 15) is 4.79 Å². The first-order chi connectivity index (χ1) is 14.5. The normalized spacial score (nSPS) is 20.8. The van der Waals surface area contributed by atoms with Crippen molar-refractivity contribution in [2.45, 2.75) is 24.9 Å². The molecule has 1 fully saturated rings. The number of carbonyl (C=O) groups is 1. The Morgan fingerprint density at radius 3 is 2.60 bits per heavy atom. The third-order valence-corrected chi connectivity index (χ3v) is 6.38. The van der Waals surface area contributed by atoms with E-state index in [0.717, 1.165) is 35.4 Å². The van der Waals surface area contributed by atoms with Gasteiger partial charge in [0.1, 0.15) is 5.75 Å². The van der Waals surface area contributed by atoms with E-state index in [1.165, 1.54) is 0 Å². The molecule has 0 N–H and O–H groups in total. The molecule has 158 valence electrons. The van der Waals surface area contributed by atoms with Gasteiger partial charge in [-0.05, 0) is 54.7 Å². The Bertz CT molecular complexity index is 942. The zero-order valence-electron chi connectivity index (χ0n) is 17.4. The number of anilines is 1. The Kier molecular flexibility index (Phi) is 5.76. The van der Waals surface area contributed by atoms with Gasteiger partial charge in [-0.3, -0.25) is 4.90 Å². The molecule has 0 radical (unpaired) electrons. The fraction of sp³-hybridized carbons (Fsp3) is 0.375. The minimum absolute atomic E-state index is 0.0326. The van der Waals surface area contributed by atoms with E-state index >= 15 is 0 Å². The van der Waals surface area contributed by atoms with Gasteiger partial charge in [0.15, 0.2) is 0 Å². The molecule has 0 aromatic heterocycles. The third-order valence-electron chi connectivity index (χ3n) is 6.14. The highest BCUT2D eigenvalue weighted by molar-refractivity contribution is 6.30. The number of ether oxygens (including phenoxy) is 2. The maximum absolute atomic E-state index is 13.6. The van der Waals surface area contributed by atoms with Crippen LogP contribution in [0.3, 0.4) is 0 Å². The molecule has 1 heterocycles. The summed E-state index contributed by atoms with van der Waals surface area (Å²) in [6.07, 6.45) is 3.87. The zero-order valence-corrected chi connectivity index (χ0v) is 18.2. The van der Waals surface area contributed by atoms with Gasteiger partial charge in [-0.1, -0.05) is 29.8 Å². The fourth-order valence-corrected chi connectivity index (χ4v) is 4.61. The second kappa shape index (κ2) is 8.32. The summed E-state index contributed by atoms with van der Waals surface area (Å²) in [5.41, 5.74) is 2.46. The Hall–Kier alpha value is -2.50. The average Bonchev–Trinajstić information content (AvgIpc) is 3.60. The van der Waals surface area contributed by atoms with Crippen molar-refractivity contribution in [3.05, 3.63) is 71.3 Å². The number of amides is 2. The first-order valence-electron chi connectivity index (χ1n) is 10.2. The van der Waals surface area contributed by atoms with Crippen molar-refractivity contribution in [3.63, 3.8) is 0 Å². The van der Waals surface area contributed by atoms with E-state index in [2.05, 4.69) is 6.58 Å². The van der Waals surface area contributed by atoms with Gasteiger partial charge >= 0.3 is 6.03 Å². The maximum Gasteiger partial charge on any atom is 0.325 e. The molecular formula is C24H27ClN2O3. The van der Waals surface area contributed by atoms with Crippen LogP contribution in [-0.4, -0.2) is 38.3 Å². The summed E-state index contributed by atoms with van der Waals surface area (Å²) >= 11 is 6.42. The molecule has 6 heteroatoms. The molecule has 1 unspecified atom stereocenters. The highest BCUT2D eigenvalue weighted by atomic mass is 35.5. The number of halogens is 1. The van der Waals surface area contributed by atoms with Crippen molar-refractivity contribution in [2.75, 3.05) is 32.3 Å². The van der Waals surface area contributed by atoms with Crippen LogP contribution in [0.2, 0.25) is 5.02 Å². The minimum atomic E-state index is -0.517. The van der Waals surface area contributed by atoms with Gasteiger partial charge in [0.2, 0.25) is 0 Å². The van der Waals surface area contributed by atoms with Crippen LogP contribution in [0.1, 0.15) is 24.0 Å². The lowest BCUT2D eigenvalue weighted by molar-refractivity contribution is 0.0129. The summed E-state index contributed by atoms with van der Waals surface area (Å²) in [6, 6.07) is 13.6. The van der Waals surface area contributed by atoms with Crippen LogP contribution < -0.4 is 9.64 Å². The van der Waals surface area contributed by atoms with Gasteiger partial charge in [-0.15, -0.1) is 6.58 Å². The lowest BCUT2D eigenvalue weighted by Crippen LogP contribution is -2.60.